The molecule has 1 atom stereocenters. The van der Waals surface area contributed by atoms with Crippen LogP contribution in [0.1, 0.15) is 32.3 Å². The lowest BCUT2D eigenvalue weighted by Crippen LogP contribution is -2.39. The number of hydrogen-bond donors (Lipinski definition) is 2. The fraction of sp³-hybridized carbons (Fsp3) is 0.333. The molecule has 0 fully saturated rings. The molecule has 1 aromatic carbocycles. The second kappa shape index (κ2) is 9.98. The minimum Gasteiger partial charge on any atom is -0.486 e. The van der Waals surface area contributed by atoms with Gasteiger partial charge in [0.2, 0.25) is 11.9 Å². The maximum absolute atomic E-state index is 14.9. The number of fused-ring (bicyclic) bond motifs is 1. The Morgan fingerprint density at radius 1 is 1.24 bits per heavy atom. The molecule has 34 heavy (non-hydrogen) atoms. The molecule has 0 bridgehead atoms. The van der Waals surface area contributed by atoms with Gasteiger partial charge < -0.3 is 20.7 Å². The van der Waals surface area contributed by atoms with E-state index >= 15 is 0 Å². The Hall–Kier alpha value is -3.82. The van der Waals surface area contributed by atoms with Crippen molar-refractivity contribution < 1.29 is 18.3 Å². The van der Waals surface area contributed by atoms with Gasteiger partial charge in [0, 0.05) is 24.2 Å². The number of pyridine rings is 1. The van der Waals surface area contributed by atoms with Crippen molar-refractivity contribution in [2.24, 2.45) is 5.73 Å². The van der Waals surface area contributed by atoms with E-state index in [2.05, 4.69) is 39.0 Å². The number of nitrogens with two attached hydrogens (primary N) is 1. The second-order valence-corrected chi connectivity index (χ2v) is 8.14. The van der Waals surface area contributed by atoms with Crippen molar-refractivity contribution in [1.82, 2.24) is 15.0 Å². The fourth-order valence-corrected chi connectivity index (χ4v) is 3.77. The minimum atomic E-state index is -0.675. The summed E-state index contributed by atoms with van der Waals surface area (Å²) in [7, 11) is 0. The SMILES string of the molecule is CCC(C)N1CCOc2c(F)cc(-c3nc(Nc4ccc(CCC(N)=O)cn4)ncc3F)cc21. The van der Waals surface area contributed by atoms with Crippen molar-refractivity contribution in [3.8, 4) is 17.0 Å². The van der Waals surface area contributed by atoms with Gasteiger partial charge in [0.05, 0.1) is 18.4 Å². The summed E-state index contributed by atoms with van der Waals surface area (Å²) in [6.07, 6.45) is 4.23. The Bertz CT molecular complexity index is 1190. The van der Waals surface area contributed by atoms with Crippen LogP contribution in [0.3, 0.4) is 0 Å². The molecule has 8 nitrogen and oxygen atoms in total. The second-order valence-electron chi connectivity index (χ2n) is 8.14. The van der Waals surface area contributed by atoms with E-state index in [1.54, 1.807) is 24.4 Å². The number of benzene rings is 1. The quantitative estimate of drug-likeness (QED) is 0.515. The molecule has 3 heterocycles. The first-order valence-corrected chi connectivity index (χ1v) is 11.1. The first-order chi connectivity index (χ1) is 16.4. The van der Waals surface area contributed by atoms with Crippen LogP contribution in [0, 0.1) is 11.6 Å². The molecule has 2 aromatic heterocycles. The number of carbonyl (C=O) groups is 1. The summed E-state index contributed by atoms with van der Waals surface area (Å²) in [5.41, 5.74) is 6.85. The average Bonchev–Trinajstić information content (AvgIpc) is 2.84. The summed E-state index contributed by atoms with van der Waals surface area (Å²) >= 11 is 0. The fourth-order valence-electron chi connectivity index (χ4n) is 3.77. The molecule has 10 heteroatoms. The Morgan fingerprint density at radius 3 is 2.76 bits per heavy atom. The highest BCUT2D eigenvalue weighted by molar-refractivity contribution is 5.74. The van der Waals surface area contributed by atoms with Gasteiger partial charge in [0.1, 0.15) is 18.1 Å². The number of carbonyl (C=O) groups excluding carboxylic acids is 1. The van der Waals surface area contributed by atoms with E-state index in [9.17, 15) is 13.6 Å². The number of nitrogens with zero attached hydrogens (tertiary/aromatic N) is 4. The molecule has 3 aromatic rings. The molecule has 0 aliphatic carbocycles. The Labute approximate surface area is 196 Å². The van der Waals surface area contributed by atoms with Gasteiger partial charge in [-0.15, -0.1) is 0 Å². The van der Waals surface area contributed by atoms with Crippen LogP contribution in [-0.4, -0.2) is 40.1 Å². The lowest BCUT2D eigenvalue weighted by Gasteiger charge is -2.36. The molecular formula is C24H26F2N6O2. The summed E-state index contributed by atoms with van der Waals surface area (Å²) in [5, 5.41) is 2.93. The molecule has 178 valence electrons. The first kappa shape index (κ1) is 23.3. The predicted octanol–water partition coefficient (Wildman–Crippen LogP) is 3.98. The molecule has 1 aliphatic heterocycles. The maximum atomic E-state index is 14.9. The van der Waals surface area contributed by atoms with Crippen LogP contribution in [0.15, 0.2) is 36.7 Å². The van der Waals surface area contributed by atoms with E-state index in [1.807, 2.05) is 0 Å². The number of anilines is 3. The highest BCUT2D eigenvalue weighted by Gasteiger charge is 2.26. The van der Waals surface area contributed by atoms with Crippen molar-refractivity contribution in [1.29, 1.82) is 0 Å². The number of halogens is 2. The van der Waals surface area contributed by atoms with Gasteiger partial charge in [0.25, 0.3) is 0 Å². The molecule has 3 N–H and O–H groups in total. The standard InChI is InChI=1S/C24H26F2N6O2/c1-3-14(2)32-8-9-34-23-17(25)10-16(11-19(23)32)22-18(26)13-29-24(31-22)30-21-7-5-15(12-28-21)4-6-20(27)33/h5,7,10-14H,3-4,6,8-9H2,1-2H3,(H2,27,33)(H,28,29,30,31). The van der Waals surface area contributed by atoms with Crippen molar-refractivity contribution in [3.63, 3.8) is 0 Å². The van der Waals surface area contributed by atoms with Crippen LogP contribution >= 0.6 is 0 Å². The Morgan fingerprint density at radius 2 is 2.06 bits per heavy atom. The molecule has 1 unspecified atom stereocenters. The summed E-state index contributed by atoms with van der Waals surface area (Å²) in [6.45, 7) is 5.11. The van der Waals surface area contributed by atoms with Gasteiger partial charge in [-0.05, 0) is 43.5 Å². The van der Waals surface area contributed by atoms with Crippen molar-refractivity contribution in [2.45, 2.75) is 39.2 Å². The van der Waals surface area contributed by atoms with E-state index in [0.717, 1.165) is 18.2 Å². The average molecular weight is 469 g/mol. The number of ether oxygens (including phenoxy) is 1. The van der Waals surface area contributed by atoms with Crippen molar-refractivity contribution >= 4 is 23.4 Å². The predicted molar refractivity (Wildman–Crippen MR) is 125 cm³/mol. The number of aromatic nitrogens is 3. The zero-order valence-electron chi connectivity index (χ0n) is 19.0. The normalized spacial score (nSPS) is 13.7. The van der Waals surface area contributed by atoms with Crippen LogP contribution in [0.25, 0.3) is 11.3 Å². The molecule has 0 radical (unpaired) electrons. The third kappa shape index (κ3) is 5.05. The number of nitrogens with one attached hydrogen (secondary N) is 1. The molecule has 0 saturated carbocycles. The first-order valence-electron chi connectivity index (χ1n) is 11.1. The van der Waals surface area contributed by atoms with Crippen LogP contribution in [0.5, 0.6) is 5.75 Å². The third-order valence-electron chi connectivity index (χ3n) is 5.78. The smallest absolute Gasteiger partial charge is 0.229 e. The van der Waals surface area contributed by atoms with E-state index in [1.165, 1.54) is 6.07 Å². The monoisotopic (exact) mass is 468 g/mol. The van der Waals surface area contributed by atoms with Crippen LogP contribution in [0.4, 0.5) is 26.2 Å². The number of primary amides is 1. The number of hydrogen-bond acceptors (Lipinski definition) is 7. The van der Waals surface area contributed by atoms with Crippen molar-refractivity contribution in [3.05, 3.63) is 53.9 Å². The van der Waals surface area contributed by atoms with E-state index < -0.39 is 11.6 Å². The van der Waals surface area contributed by atoms with Crippen LogP contribution in [0.2, 0.25) is 0 Å². The summed E-state index contributed by atoms with van der Waals surface area (Å²) in [5.74, 6) is -0.904. The zero-order chi connectivity index (χ0) is 24.2. The molecular weight excluding hydrogens is 442 g/mol. The van der Waals surface area contributed by atoms with Gasteiger partial charge >= 0.3 is 0 Å². The molecule has 4 rings (SSSR count). The van der Waals surface area contributed by atoms with E-state index in [-0.39, 0.29) is 41.3 Å². The van der Waals surface area contributed by atoms with E-state index in [0.29, 0.717) is 31.1 Å². The van der Waals surface area contributed by atoms with Gasteiger partial charge in [-0.1, -0.05) is 13.0 Å². The van der Waals surface area contributed by atoms with Crippen LogP contribution < -0.4 is 20.7 Å². The zero-order valence-corrected chi connectivity index (χ0v) is 19.0. The highest BCUT2D eigenvalue weighted by atomic mass is 19.1. The van der Waals surface area contributed by atoms with Gasteiger partial charge in [0.15, 0.2) is 17.4 Å². The van der Waals surface area contributed by atoms with Crippen LogP contribution in [-0.2, 0) is 11.2 Å². The molecule has 0 saturated heterocycles. The number of amides is 1. The number of rotatable bonds is 8. The topological polar surface area (TPSA) is 106 Å². The lowest BCUT2D eigenvalue weighted by molar-refractivity contribution is -0.117. The minimum absolute atomic E-state index is 0.0352. The molecule has 1 amide bonds. The molecule has 0 spiro atoms. The lowest BCUT2D eigenvalue weighted by atomic mass is 10.1. The Balaban J connectivity index is 1.61. The largest absolute Gasteiger partial charge is 0.486 e. The van der Waals surface area contributed by atoms with Crippen molar-refractivity contribution in [2.75, 3.05) is 23.4 Å². The van der Waals surface area contributed by atoms with Gasteiger partial charge in [-0.25, -0.2) is 23.7 Å². The summed E-state index contributed by atoms with van der Waals surface area (Å²) < 4.78 is 35.2. The summed E-state index contributed by atoms with van der Waals surface area (Å²) in [6, 6.07) is 6.58. The van der Waals surface area contributed by atoms with E-state index in [4.69, 9.17) is 10.5 Å². The van der Waals surface area contributed by atoms with Gasteiger partial charge in [-0.2, -0.15) is 0 Å². The van der Waals surface area contributed by atoms with Gasteiger partial charge in [-0.3, -0.25) is 4.79 Å². The maximum Gasteiger partial charge on any atom is 0.229 e. The molecule has 1 aliphatic rings. The highest BCUT2D eigenvalue weighted by Crippen LogP contribution is 2.39. The number of aryl methyl sites for hydroxylation is 1. The third-order valence-corrected chi connectivity index (χ3v) is 5.78. The Kier molecular flexibility index (Phi) is 6.85. The summed E-state index contributed by atoms with van der Waals surface area (Å²) in [4.78, 5) is 25.5.